The molecule has 0 unspecified atom stereocenters. The van der Waals surface area contributed by atoms with Crippen LogP contribution in [0.15, 0.2) is 72.8 Å². The number of hydrogen-bond donors (Lipinski definition) is 0. The smallest absolute Gasteiger partial charge is 0.339 e. The summed E-state index contributed by atoms with van der Waals surface area (Å²) in [5, 5.41) is 0.211. The summed E-state index contributed by atoms with van der Waals surface area (Å²) in [6.07, 6.45) is 1.69. The molecule has 0 aromatic heterocycles. The van der Waals surface area contributed by atoms with Gasteiger partial charge in [0.2, 0.25) is 0 Å². The Morgan fingerprint density at radius 2 is 1.71 bits per heavy atom. The molecular formula is C23H18ClFO3. The third-order valence-corrected chi connectivity index (χ3v) is 4.51. The van der Waals surface area contributed by atoms with Gasteiger partial charge < -0.3 is 9.47 Å². The van der Waals surface area contributed by atoms with Crippen molar-refractivity contribution in [1.82, 2.24) is 0 Å². The average molecular weight is 397 g/mol. The lowest BCUT2D eigenvalue weighted by atomic mass is 10.0. The van der Waals surface area contributed by atoms with Crippen molar-refractivity contribution < 1.29 is 18.7 Å². The first kappa shape index (κ1) is 19.6. The molecule has 3 nitrogen and oxygen atoms in total. The summed E-state index contributed by atoms with van der Waals surface area (Å²) in [6, 6.07) is 20.8. The largest absolute Gasteiger partial charge is 0.496 e. The van der Waals surface area contributed by atoms with Gasteiger partial charge in [0.1, 0.15) is 18.2 Å². The molecule has 142 valence electrons. The van der Waals surface area contributed by atoms with E-state index in [4.69, 9.17) is 21.1 Å². The lowest BCUT2D eigenvalue weighted by Gasteiger charge is -2.12. The fourth-order valence-corrected chi connectivity index (χ4v) is 2.92. The minimum absolute atomic E-state index is 0.141. The van der Waals surface area contributed by atoms with Gasteiger partial charge in [0, 0.05) is 11.1 Å². The van der Waals surface area contributed by atoms with E-state index in [1.807, 2.05) is 36.4 Å². The minimum atomic E-state index is -0.587. The van der Waals surface area contributed by atoms with Crippen LogP contribution in [0.5, 0.6) is 5.75 Å². The number of esters is 1. The molecule has 3 aromatic rings. The second-order valence-electron chi connectivity index (χ2n) is 5.94. The SMILES string of the molecule is COc1ccccc1/C=C(/C(=O)OCc1c(F)cccc1Cl)c1ccccc1. The van der Waals surface area contributed by atoms with E-state index in [-0.39, 0.29) is 17.2 Å². The zero-order chi connectivity index (χ0) is 19.9. The number of carbonyl (C=O) groups is 1. The van der Waals surface area contributed by atoms with Gasteiger partial charge in [0.05, 0.1) is 17.7 Å². The monoisotopic (exact) mass is 396 g/mol. The van der Waals surface area contributed by atoms with Crippen molar-refractivity contribution in [2.75, 3.05) is 7.11 Å². The quantitative estimate of drug-likeness (QED) is 0.301. The van der Waals surface area contributed by atoms with Crippen molar-refractivity contribution >= 4 is 29.2 Å². The average Bonchev–Trinajstić information content (AvgIpc) is 2.72. The number of rotatable bonds is 6. The van der Waals surface area contributed by atoms with Crippen LogP contribution in [0.25, 0.3) is 11.6 Å². The highest BCUT2D eigenvalue weighted by Gasteiger charge is 2.17. The second kappa shape index (κ2) is 9.20. The highest BCUT2D eigenvalue weighted by molar-refractivity contribution is 6.31. The number of ether oxygens (including phenoxy) is 2. The molecule has 0 aliphatic carbocycles. The van der Waals surface area contributed by atoms with Crippen LogP contribution in [-0.2, 0) is 16.1 Å². The third-order valence-electron chi connectivity index (χ3n) is 4.15. The maximum Gasteiger partial charge on any atom is 0.339 e. The third kappa shape index (κ3) is 4.59. The van der Waals surface area contributed by atoms with Crippen molar-refractivity contribution in [1.29, 1.82) is 0 Å². The van der Waals surface area contributed by atoms with Gasteiger partial charge >= 0.3 is 5.97 Å². The molecule has 0 spiro atoms. The van der Waals surface area contributed by atoms with Gasteiger partial charge in [0.15, 0.2) is 0 Å². The highest BCUT2D eigenvalue weighted by Crippen LogP contribution is 2.26. The van der Waals surface area contributed by atoms with Crippen LogP contribution in [0.2, 0.25) is 5.02 Å². The Hall–Kier alpha value is -3.11. The molecule has 0 N–H and O–H groups in total. The molecule has 3 rings (SSSR count). The lowest BCUT2D eigenvalue weighted by molar-refractivity contribution is -0.137. The standard InChI is InChI=1S/C23H18ClFO3/c1-27-22-13-6-5-10-17(22)14-18(16-8-3-2-4-9-16)23(26)28-15-19-20(24)11-7-12-21(19)25/h2-14H,15H2,1H3/b18-14+. The molecule has 0 bridgehead atoms. The summed E-state index contributed by atoms with van der Waals surface area (Å²) >= 11 is 6.02. The Labute approximate surface area is 168 Å². The van der Waals surface area contributed by atoms with Gasteiger partial charge in [-0.3, -0.25) is 0 Å². The molecule has 0 fully saturated rings. The Morgan fingerprint density at radius 1 is 1.00 bits per heavy atom. The van der Waals surface area contributed by atoms with Gasteiger partial charge in [-0.25, -0.2) is 9.18 Å². The molecule has 0 saturated heterocycles. The van der Waals surface area contributed by atoms with Crippen LogP contribution >= 0.6 is 11.6 Å². The number of methoxy groups -OCH3 is 1. The zero-order valence-electron chi connectivity index (χ0n) is 15.2. The fourth-order valence-electron chi connectivity index (χ4n) is 2.70. The van der Waals surface area contributed by atoms with Crippen molar-refractivity contribution in [3.05, 3.63) is 100 Å². The van der Waals surface area contributed by atoms with E-state index in [0.29, 0.717) is 16.9 Å². The van der Waals surface area contributed by atoms with Crippen molar-refractivity contribution in [2.45, 2.75) is 6.61 Å². The van der Waals surface area contributed by atoms with E-state index in [0.717, 1.165) is 5.56 Å². The highest BCUT2D eigenvalue weighted by atomic mass is 35.5. The first-order chi connectivity index (χ1) is 13.6. The zero-order valence-corrected chi connectivity index (χ0v) is 15.9. The van der Waals surface area contributed by atoms with E-state index < -0.39 is 11.8 Å². The van der Waals surface area contributed by atoms with Gasteiger partial charge in [-0.1, -0.05) is 66.2 Å². The van der Waals surface area contributed by atoms with Crippen molar-refractivity contribution in [3.63, 3.8) is 0 Å². The molecule has 28 heavy (non-hydrogen) atoms. The summed E-state index contributed by atoms with van der Waals surface area (Å²) in [7, 11) is 1.56. The number of benzene rings is 3. The predicted octanol–water partition coefficient (Wildman–Crippen LogP) is 5.77. The molecule has 0 amide bonds. The first-order valence-electron chi connectivity index (χ1n) is 8.60. The first-order valence-corrected chi connectivity index (χ1v) is 8.98. The van der Waals surface area contributed by atoms with Gasteiger partial charge in [-0.2, -0.15) is 0 Å². The summed E-state index contributed by atoms with van der Waals surface area (Å²) < 4.78 is 24.7. The Morgan fingerprint density at radius 3 is 2.43 bits per heavy atom. The van der Waals surface area contributed by atoms with E-state index in [9.17, 15) is 9.18 Å². The van der Waals surface area contributed by atoms with Crippen LogP contribution in [0, 0.1) is 5.82 Å². The number of carbonyl (C=O) groups excluding carboxylic acids is 1. The van der Waals surface area contributed by atoms with E-state index in [2.05, 4.69) is 0 Å². The Bertz CT molecular complexity index is 979. The number of halogens is 2. The molecule has 0 atom stereocenters. The molecule has 0 radical (unpaired) electrons. The molecule has 0 heterocycles. The van der Waals surface area contributed by atoms with Crippen LogP contribution in [0.1, 0.15) is 16.7 Å². The van der Waals surface area contributed by atoms with Crippen molar-refractivity contribution in [3.8, 4) is 5.75 Å². The fraction of sp³-hybridized carbons (Fsp3) is 0.0870. The second-order valence-corrected chi connectivity index (χ2v) is 6.35. The van der Waals surface area contributed by atoms with Gasteiger partial charge in [-0.05, 0) is 29.8 Å². The molecule has 3 aromatic carbocycles. The topological polar surface area (TPSA) is 35.5 Å². The predicted molar refractivity (Wildman–Crippen MR) is 109 cm³/mol. The normalized spacial score (nSPS) is 11.2. The Balaban J connectivity index is 1.93. The molecule has 5 heteroatoms. The molecule has 0 aliphatic heterocycles. The molecule has 0 aliphatic rings. The van der Waals surface area contributed by atoms with Crippen LogP contribution < -0.4 is 4.74 Å². The maximum atomic E-state index is 14.0. The lowest BCUT2D eigenvalue weighted by Crippen LogP contribution is -2.08. The number of para-hydroxylation sites is 1. The number of hydrogen-bond acceptors (Lipinski definition) is 3. The van der Waals surface area contributed by atoms with E-state index >= 15 is 0 Å². The van der Waals surface area contributed by atoms with Crippen LogP contribution in [0.3, 0.4) is 0 Å². The molecular weight excluding hydrogens is 379 g/mol. The Kier molecular flexibility index (Phi) is 6.45. The van der Waals surface area contributed by atoms with E-state index in [1.165, 1.54) is 12.1 Å². The minimum Gasteiger partial charge on any atom is -0.496 e. The maximum absolute atomic E-state index is 14.0. The van der Waals surface area contributed by atoms with Crippen molar-refractivity contribution in [2.24, 2.45) is 0 Å². The molecule has 0 saturated carbocycles. The van der Waals surface area contributed by atoms with Crippen LogP contribution in [-0.4, -0.2) is 13.1 Å². The summed E-state index contributed by atoms with van der Waals surface area (Å²) in [5.41, 5.74) is 1.88. The van der Waals surface area contributed by atoms with Gasteiger partial charge in [-0.15, -0.1) is 0 Å². The van der Waals surface area contributed by atoms with Crippen LogP contribution in [0.4, 0.5) is 4.39 Å². The van der Waals surface area contributed by atoms with Gasteiger partial charge in [0.25, 0.3) is 0 Å². The summed E-state index contributed by atoms with van der Waals surface area (Å²) in [5.74, 6) is -0.479. The summed E-state index contributed by atoms with van der Waals surface area (Å²) in [6.45, 7) is -0.263. The van der Waals surface area contributed by atoms with E-state index in [1.54, 1.807) is 37.5 Å². The summed E-state index contributed by atoms with van der Waals surface area (Å²) in [4.78, 5) is 12.8.